The molecule has 0 aliphatic heterocycles. The summed E-state index contributed by atoms with van der Waals surface area (Å²) >= 11 is 3.59. The first kappa shape index (κ1) is 30.6. The lowest BCUT2D eigenvalue weighted by atomic mass is 9.74. The van der Waals surface area contributed by atoms with Crippen molar-refractivity contribution in [3.63, 3.8) is 0 Å². The van der Waals surface area contributed by atoms with Gasteiger partial charge >= 0.3 is 0 Å². The molecule has 2 unspecified atom stereocenters. The highest BCUT2D eigenvalue weighted by Crippen LogP contribution is 2.53. The van der Waals surface area contributed by atoms with E-state index in [1.165, 1.54) is 66.3 Å². The van der Waals surface area contributed by atoms with Gasteiger partial charge in [0.15, 0.2) is 0 Å². The van der Waals surface area contributed by atoms with Crippen LogP contribution in [0.5, 0.6) is 0 Å². The Kier molecular flexibility index (Phi) is 8.94. The largest absolute Gasteiger partial charge is 0.376 e. The van der Waals surface area contributed by atoms with Gasteiger partial charge in [-0.25, -0.2) is 0 Å². The standard InChI is InChI=1S/C42H43BrO/c1-4-5-6-7-8-13-28-41(3)38-16-11-10-15-36(38)37-27-20-31(29-40(37)41)35-14-9-12-17-39(35)42(44,32-21-18-30(2)19-22-32)33-23-25-34(43)26-24-33/h9-12,14-27,29,44H,4-8,13,28H2,1-3H3. The van der Waals surface area contributed by atoms with E-state index in [2.05, 4.69) is 122 Å². The molecule has 0 saturated carbocycles. The summed E-state index contributed by atoms with van der Waals surface area (Å²) in [4.78, 5) is 0. The van der Waals surface area contributed by atoms with Crippen LogP contribution in [0.25, 0.3) is 22.3 Å². The Bertz CT molecular complexity index is 1690. The molecule has 2 heteroatoms. The number of halogens is 1. The lowest BCUT2D eigenvalue weighted by Gasteiger charge is -2.33. The lowest BCUT2D eigenvalue weighted by Crippen LogP contribution is -2.29. The van der Waals surface area contributed by atoms with Crippen LogP contribution in [0.3, 0.4) is 0 Å². The Balaban J connectivity index is 1.46. The molecule has 0 saturated heterocycles. The average molecular weight is 644 g/mol. The van der Waals surface area contributed by atoms with Crippen LogP contribution in [-0.4, -0.2) is 5.11 Å². The molecule has 1 nitrogen and oxygen atoms in total. The molecule has 1 aliphatic carbocycles. The van der Waals surface area contributed by atoms with Gasteiger partial charge in [0.1, 0.15) is 5.60 Å². The van der Waals surface area contributed by atoms with Crippen molar-refractivity contribution >= 4 is 15.9 Å². The second-order valence-corrected chi connectivity index (χ2v) is 13.7. The smallest absolute Gasteiger partial charge is 0.141 e. The number of fused-ring (bicyclic) bond motifs is 3. The summed E-state index contributed by atoms with van der Waals surface area (Å²) in [5.74, 6) is 0. The summed E-state index contributed by atoms with van der Waals surface area (Å²) in [6, 6.07) is 40.7. The van der Waals surface area contributed by atoms with Gasteiger partial charge in [-0.05, 0) is 76.1 Å². The molecular formula is C42H43BrO. The Morgan fingerprint density at radius 1 is 0.636 bits per heavy atom. The van der Waals surface area contributed by atoms with E-state index in [1.807, 2.05) is 30.3 Å². The quantitative estimate of drug-likeness (QED) is 0.112. The molecule has 0 aromatic heterocycles. The van der Waals surface area contributed by atoms with Crippen LogP contribution < -0.4 is 0 Å². The predicted octanol–water partition coefficient (Wildman–Crippen LogP) is 11.7. The Morgan fingerprint density at radius 3 is 1.95 bits per heavy atom. The first-order valence-electron chi connectivity index (χ1n) is 16.3. The van der Waals surface area contributed by atoms with E-state index in [1.54, 1.807) is 0 Å². The molecule has 0 amide bonds. The zero-order valence-corrected chi connectivity index (χ0v) is 27.8. The van der Waals surface area contributed by atoms with Gasteiger partial charge in [0, 0.05) is 15.5 Å². The van der Waals surface area contributed by atoms with Gasteiger partial charge in [0.05, 0.1) is 0 Å². The summed E-state index contributed by atoms with van der Waals surface area (Å²) in [5, 5.41) is 12.9. The van der Waals surface area contributed by atoms with Crippen molar-refractivity contribution in [2.24, 2.45) is 0 Å². The van der Waals surface area contributed by atoms with Crippen LogP contribution >= 0.6 is 15.9 Å². The van der Waals surface area contributed by atoms with E-state index in [0.717, 1.165) is 38.7 Å². The minimum atomic E-state index is -1.32. The lowest BCUT2D eigenvalue weighted by molar-refractivity contribution is 0.126. The molecule has 0 spiro atoms. The van der Waals surface area contributed by atoms with Crippen molar-refractivity contribution in [1.29, 1.82) is 0 Å². The van der Waals surface area contributed by atoms with Crippen molar-refractivity contribution in [2.45, 2.75) is 76.7 Å². The third-order valence-corrected chi connectivity index (χ3v) is 10.3. The van der Waals surface area contributed by atoms with Crippen LogP contribution in [-0.2, 0) is 11.0 Å². The number of hydrogen-bond donors (Lipinski definition) is 1. The molecular weight excluding hydrogens is 600 g/mol. The molecule has 6 rings (SSSR count). The topological polar surface area (TPSA) is 20.2 Å². The zero-order valence-electron chi connectivity index (χ0n) is 26.2. The molecule has 0 fully saturated rings. The van der Waals surface area contributed by atoms with E-state index >= 15 is 0 Å². The first-order chi connectivity index (χ1) is 21.4. The number of rotatable bonds is 11. The molecule has 0 bridgehead atoms. The third-order valence-electron chi connectivity index (χ3n) is 9.82. The van der Waals surface area contributed by atoms with Gasteiger partial charge in [-0.1, -0.05) is 171 Å². The van der Waals surface area contributed by atoms with Crippen LogP contribution in [0.2, 0.25) is 0 Å². The molecule has 0 radical (unpaired) electrons. The van der Waals surface area contributed by atoms with Crippen molar-refractivity contribution in [3.05, 3.63) is 153 Å². The minimum absolute atomic E-state index is 0.0411. The first-order valence-corrected chi connectivity index (χ1v) is 17.1. The highest BCUT2D eigenvalue weighted by Gasteiger charge is 2.40. The fraction of sp³-hybridized carbons (Fsp3) is 0.286. The number of benzene rings is 5. The van der Waals surface area contributed by atoms with E-state index < -0.39 is 5.60 Å². The van der Waals surface area contributed by atoms with Crippen molar-refractivity contribution < 1.29 is 5.11 Å². The number of aryl methyl sites for hydroxylation is 1. The van der Waals surface area contributed by atoms with Crippen molar-refractivity contribution in [2.75, 3.05) is 0 Å². The summed E-state index contributed by atoms with van der Waals surface area (Å²) in [7, 11) is 0. The van der Waals surface area contributed by atoms with Gasteiger partial charge < -0.3 is 5.11 Å². The average Bonchev–Trinajstić information content (AvgIpc) is 3.30. The normalized spacial score (nSPS) is 16.8. The maximum absolute atomic E-state index is 12.9. The van der Waals surface area contributed by atoms with Gasteiger partial charge in [0.25, 0.3) is 0 Å². The fourth-order valence-electron chi connectivity index (χ4n) is 7.29. The monoisotopic (exact) mass is 642 g/mol. The van der Waals surface area contributed by atoms with Gasteiger partial charge in [-0.15, -0.1) is 0 Å². The Labute approximate surface area is 272 Å². The molecule has 0 heterocycles. The Hall–Kier alpha value is -3.46. The van der Waals surface area contributed by atoms with Crippen molar-refractivity contribution in [1.82, 2.24) is 0 Å². The van der Waals surface area contributed by atoms with Crippen LogP contribution in [0.4, 0.5) is 0 Å². The third kappa shape index (κ3) is 5.59. The molecule has 5 aromatic rings. The van der Waals surface area contributed by atoms with E-state index in [9.17, 15) is 5.11 Å². The predicted molar refractivity (Wildman–Crippen MR) is 189 cm³/mol. The molecule has 5 aromatic carbocycles. The zero-order chi connectivity index (χ0) is 30.7. The fourth-order valence-corrected chi connectivity index (χ4v) is 7.55. The summed E-state index contributed by atoms with van der Waals surface area (Å²) in [6.07, 6.45) is 8.92. The van der Waals surface area contributed by atoms with E-state index in [0.29, 0.717) is 0 Å². The molecule has 224 valence electrons. The number of aliphatic hydroxyl groups is 1. The molecule has 2 atom stereocenters. The minimum Gasteiger partial charge on any atom is -0.376 e. The van der Waals surface area contributed by atoms with Crippen LogP contribution in [0.15, 0.2) is 120 Å². The summed E-state index contributed by atoms with van der Waals surface area (Å²) < 4.78 is 0.989. The highest BCUT2D eigenvalue weighted by atomic mass is 79.9. The Morgan fingerprint density at radius 2 is 1.23 bits per heavy atom. The SMILES string of the molecule is CCCCCCCCC1(C)c2ccccc2-c2ccc(-c3ccccc3C(O)(c3ccc(C)cc3)c3ccc(Br)cc3)cc21. The van der Waals surface area contributed by atoms with Gasteiger partial charge in [0.2, 0.25) is 0 Å². The highest BCUT2D eigenvalue weighted by molar-refractivity contribution is 9.10. The second-order valence-electron chi connectivity index (χ2n) is 12.8. The van der Waals surface area contributed by atoms with Crippen molar-refractivity contribution in [3.8, 4) is 22.3 Å². The molecule has 44 heavy (non-hydrogen) atoms. The maximum Gasteiger partial charge on any atom is 0.141 e. The number of unbranched alkanes of at least 4 members (excludes halogenated alkanes) is 5. The summed E-state index contributed by atoms with van der Waals surface area (Å²) in [5.41, 5.74) is 10.2. The van der Waals surface area contributed by atoms with Gasteiger partial charge in [-0.2, -0.15) is 0 Å². The molecule has 1 N–H and O–H groups in total. The van der Waals surface area contributed by atoms with E-state index in [4.69, 9.17) is 0 Å². The molecule has 1 aliphatic rings. The maximum atomic E-state index is 12.9. The summed E-state index contributed by atoms with van der Waals surface area (Å²) in [6.45, 7) is 6.81. The van der Waals surface area contributed by atoms with Gasteiger partial charge in [-0.3, -0.25) is 0 Å². The number of hydrogen-bond acceptors (Lipinski definition) is 1. The second kappa shape index (κ2) is 12.9. The van der Waals surface area contributed by atoms with Crippen LogP contribution in [0.1, 0.15) is 92.2 Å². The van der Waals surface area contributed by atoms with E-state index in [-0.39, 0.29) is 5.41 Å². The van der Waals surface area contributed by atoms with Crippen LogP contribution in [0, 0.1) is 6.92 Å².